The standard InChI is InChI=1S/C26H46O2/c1-17(6-7-18(2)27)21-10-11-22-20-9-8-19-16-24(3,28)14-15-25(19,4)23(20)12-13-26(21,22)5/h17-23,27-28H,6-16H2,1-5H3/t17-,18?,19+,20+,21-,22+,23+,24+,25+,26-/m1/s1. The van der Waals surface area contributed by atoms with E-state index in [1.165, 1.54) is 51.4 Å². The third-order valence-electron chi connectivity index (χ3n) is 10.8. The van der Waals surface area contributed by atoms with Gasteiger partial charge in [0.15, 0.2) is 0 Å². The molecule has 2 N–H and O–H groups in total. The molecule has 0 radical (unpaired) electrons. The summed E-state index contributed by atoms with van der Waals surface area (Å²) in [5, 5.41) is 20.4. The summed E-state index contributed by atoms with van der Waals surface area (Å²) in [6.07, 6.45) is 13.7. The van der Waals surface area contributed by atoms with Crippen molar-refractivity contribution in [2.45, 2.75) is 117 Å². The van der Waals surface area contributed by atoms with Crippen molar-refractivity contribution in [3.05, 3.63) is 0 Å². The number of rotatable bonds is 4. The molecule has 0 aliphatic heterocycles. The molecule has 2 nitrogen and oxygen atoms in total. The molecule has 0 aromatic heterocycles. The average molecular weight is 391 g/mol. The Hall–Kier alpha value is -0.0800. The smallest absolute Gasteiger partial charge is 0.0622 e. The largest absolute Gasteiger partial charge is 0.393 e. The third kappa shape index (κ3) is 3.39. The van der Waals surface area contributed by atoms with E-state index in [9.17, 15) is 10.2 Å². The van der Waals surface area contributed by atoms with Crippen LogP contribution in [0.1, 0.15) is 105 Å². The number of aliphatic hydroxyl groups excluding tert-OH is 1. The molecule has 0 aromatic rings. The van der Waals surface area contributed by atoms with Crippen molar-refractivity contribution in [1.29, 1.82) is 0 Å². The van der Waals surface area contributed by atoms with E-state index in [4.69, 9.17) is 0 Å². The molecule has 4 saturated carbocycles. The fourth-order valence-electron chi connectivity index (χ4n) is 9.11. The summed E-state index contributed by atoms with van der Waals surface area (Å²) in [5.74, 6) is 5.09. The fraction of sp³-hybridized carbons (Fsp3) is 1.00. The van der Waals surface area contributed by atoms with E-state index in [-0.39, 0.29) is 6.10 Å². The van der Waals surface area contributed by atoms with Gasteiger partial charge in [-0.1, -0.05) is 20.8 Å². The minimum atomic E-state index is -0.419. The lowest BCUT2D eigenvalue weighted by atomic mass is 9.43. The van der Waals surface area contributed by atoms with Gasteiger partial charge in [-0.2, -0.15) is 0 Å². The van der Waals surface area contributed by atoms with E-state index in [1.54, 1.807) is 0 Å². The highest BCUT2D eigenvalue weighted by atomic mass is 16.3. The lowest BCUT2D eigenvalue weighted by molar-refractivity contribution is -0.148. The number of aliphatic hydroxyl groups is 2. The Kier molecular flexibility index (Phi) is 5.49. The van der Waals surface area contributed by atoms with Gasteiger partial charge in [0.05, 0.1) is 11.7 Å². The highest BCUT2D eigenvalue weighted by Crippen LogP contribution is 2.68. The van der Waals surface area contributed by atoms with Crippen molar-refractivity contribution >= 4 is 0 Å². The zero-order chi connectivity index (χ0) is 20.3. The van der Waals surface area contributed by atoms with Gasteiger partial charge in [-0.25, -0.2) is 0 Å². The molecule has 0 aromatic carbocycles. The second-order valence-corrected chi connectivity index (χ2v) is 12.5. The number of hydrogen-bond acceptors (Lipinski definition) is 2. The third-order valence-corrected chi connectivity index (χ3v) is 10.8. The van der Waals surface area contributed by atoms with Crippen molar-refractivity contribution in [2.75, 3.05) is 0 Å². The number of fused-ring (bicyclic) bond motifs is 5. The van der Waals surface area contributed by atoms with Crippen molar-refractivity contribution in [3.8, 4) is 0 Å². The summed E-state index contributed by atoms with van der Waals surface area (Å²) < 4.78 is 0. The molecule has 0 heterocycles. The Labute approximate surface area is 173 Å². The Morgan fingerprint density at radius 2 is 1.54 bits per heavy atom. The SMILES string of the molecule is CC(O)CC[C@@H](C)[C@H]1CC[C@H]2[C@@H]3CC[C@H]4C[C@@](C)(O)CC[C@]4(C)[C@H]3CC[C@]12C. The summed E-state index contributed by atoms with van der Waals surface area (Å²) in [6, 6.07) is 0. The first-order valence-electron chi connectivity index (χ1n) is 12.5. The maximum absolute atomic E-state index is 10.7. The van der Waals surface area contributed by atoms with Crippen LogP contribution in [0.25, 0.3) is 0 Å². The first-order valence-corrected chi connectivity index (χ1v) is 12.5. The topological polar surface area (TPSA) is 40.5 Å². The van der Waals surface area contributed by atoms with Crippen molar-refractivity contribution in [2.24, 2.45) is 46.3 Å². The highest BCUT2D eigenvalue weighted by molar-refractivity contribution is 5.10. The predicted molar refractivity (Wildman–Crippen MR) is 116 cm³/mol. The Morgan fingerprint density at radius 3 is 2.25 bits per heavy atom. The second kappa shape index (κ2) is 7.26. The van der Waals surface area contributed by atoms with Gasteiger partial charge in [0.1, 0.15) is 0 Å². The maximum atomic E-state index is 10.7. The van der Waals surface area contributed by atoms with Crippen LogP contribution in [-0.4, -0.2) is 21.9 Å². The maximum Gasteiger partial charge on any atom is 0.0622 e. The summed E-state index contributed by atoms with van der Waals surface area (Å²) >= 11 is 0. The van der Waals surface area contributed by atoms with Crippen LogP contribution in [0.15, 0.2) is 0 Å². The Balaban J connectivity index is 1.50. The second-order valence-electron chi connectivity index (χ2n) is 12.5. The van der Waals surface area contributed by atoms with Gasteiger partial charge in [0.2, 0.25) is 0 Å². The van der Waals surface area contributed by atoms with Crippen molar-refractivity contribution < 1.29 is 10.2 Å². The van der Waals surface area contributed by atoms with Gasteiger partial charge in [-0.05, 0) is 131 Å². The van der Waals surface area contributed by atoms with E-state index in [0.29, 0.717) is 10.8 Å². The lowest BCUT2D eigenvalue weighted by Gasteiger charge is -2.62. The molecular weight excluding hydrogens is 344 g/mol. The quantitative estimate of drug-likeness (QED) is 0.600. The zero-order valence-corrected chi connectivity index (χ0v) is 19.2. The summed E-state index contributed by atoms with van der Waals surface area (Å²) in [5.41, 5.74) is 0.586. The van der Waals surface area contributed by atoms with E-state index in [2.05, 4.69) is 27.7 Å². The van der Waals surface area contributed by atoms with Gasteiger partial charge in [0.25, 0.3) is 0 Å². The van der Waals surface area contributed by atoms with E-state index >= 15 is 0 Å². The van der Waals surface area contributed by atoms with Crippen LogP contribution in [0.3, 0.4) is 0 Å². The van der Waals surface area contributed by atoms with E-state index < -0.39 is 5.60 Å². The molecular formula is C26H46O2. The summed E-state index contributed by atoms with van der Waals surface area (Å²) in [4.78, 5) is 0. The summed E-state index contributed by atoms with van der Waals surface area (Å²) in [7, 11) is 0. The Bertz CT molecular complexity index is 569. The van der Waals surface area contributed by atoms with Crippen LogP contribution in [0.5, 0.6) is 0 Å². The van der Waals surface area contributed by atoms with Gasteiger partial charge in [-0.3, -0.25) is 0 Å². The van der Waals surface area contributed by atoms with E-state index in [0.717, 1.165) is 54.8 Å². The first-order chi connectivity index (χ1) is 13.1. The molecule has 162 valence electrons. The van der Waals surface area contributed by atoms with Gasteiger partial charge in [-0.15, -0.1) is 0 Å². The molecule has 0 bridgehead atoms. The minimum Gasteiger partial charge on any atom is -0.393 e. The molecule has 0 amide bonds. The van der Waals surface area contributed by atoms with E-state index in [1.807, 2.05) is 6.92 Å². The lowest BCUT2D eigenvalue weighted by Crippen LogP contribution is -2.55. The Morgan fingerprint density at radius 1 is 0.821 bits per heavy atom. The van der Waals surface area contributed by atoms with Crippen LogP contribution in [0.4, 0.5) is 0 Å². The molecule has 1 unspecified atom stereocenters. The van der Waals surface area contributed by atoms with Gasteiger partial charge in [0, 0.05) is 0 Å². The molecule has 2 heteroatoms. The van der Waals surface area contributed by atoms with Crippen LogP contribution < -0.4 is 0 Å². The van der Waals surface area contributed by atoms with Crippen LogP contribution in [-0.2, 0) is 0 Å². The minimum absolute atomic E-state index is 0.151. The van der Waals surface area contributed by atoms with Crippen LogP contribution in [0.2, 0.25) is 0 Å². The molecule has 4 aliphatic rings. The molecule has 28 heavy (non-hydrogen) atoms. The molecule has 0 saturated heterocycles. The van der Waals surface area contributed by atoms with Gasteiger partial charge < -0.3 is 10.2 Å². The first kappa shape index (κ1) is 21.2. The molecule has 0 spiro atoms. The fourth-order valence-corrected chi connectivity index (χ4v) is 9.11. The predicted octanol–water partition coefficient (Wildman–Crippen LogP) is 6.19. The summed E-state index contributed by atoms with van der Waals surface area (Å²) in [6.45, 7) is 11.7. The molecule has 10 atom stereocenters. The normalized spacial score (nSPS) is 53.0. The number of hydrogen-bond donors (Lipinski definition) is 2. The zero-order valence-electron chi connectivity index (χ0n) is 19.2. The molecule has 4 rings (SSSR count). The van der Waals surface area contributed by atoms with Crippen LogP contribution in [0, 0.1) is 46.3 Å². The average Bonchev–Trinajstić information content (AvgIpc) is 2.97. The molecule has 4 aliphatic carbocycles. The molecule has 4 fully saturated rings. The van der Waals surface area contributed by atoms with Crippen molar-refractivity contribution in [1.82, 2.24) is 0 Å². The highest BCUT2D eigenvalue weighted by Gasteiger charge is 2.61. The monoisotopic (exact) mass is 390 g/mol. The van der Waals surface area contributed by atoms with Crippen LogP contribution >= 0.6 is 0 Å². The van der Waals surface area contributed by atoms with Gasteiger partial charge >= 0.3 is 0 Å². The van der Waals surface area contributed by atoms with Crippen molar-refractivity contribution in [3.63, 3.8) is 0 Å².